The minimum Gasteiger partial charge on any atom is -0.494 e. The van der Waals surface area contributed by atoms with Gasteiger partial charge in [-0.3, -0.25) is 4.79 Å². The summed E-state index contributed by atoms with van der Waals surface area (Å²) in [6, 6.07) is 12.6. The maximum Gasteiger partial charge on any atom is 0.255 e. The molecule has 0 bridgehead atoms. The molecule has 0 spiro atoms. The summed E-state index contributed by atoms with van der Waals surface area (Å²) in [4.78, 5) is 12.3. The summed E-state index contributed by atoms with van der Waals surface area (Å²) in [5.41, 5.74) is 2.28. The van der Waals surface area contributed by atoms with Crippen LogP contribution in [-0.2, 0) is 0 Å². The first-order valence-corrected chi connectivity index (χ1v) is 8.28. The van der Waals surface area contributed by atoms with Gasteiger partial charge in [-0.1, -0.05) is 37.4 Å². The standard InChI is InChI=1S/C19H22ClNO2/c1-3-4-5-12-23-17-10-7-15(8-11-17)19(22)21-18-13-16(20)9-6-14(18)2/h6-11,13H,3-5,12H2,1-2H3,(H,21,22). The highest BCUT2D eigenvalue weighted by molar-refractivity contribution is 6.31. The largest absolute Gasteiger partial charge is 0.494 e. The number of carbonyl (C=O) groups excluding carboxylic acids is 1. The fourth-order valence-electron chi connectivity index (χ4n) is 2.17. The third-order valence-corrected chi connectivity index (χ3v) is 3.82. The molecule has 3 nitrogen and oxygen atoms in total. The zero-order valence-corrected chi connectivity index (χ0v) is 14.3. The summed E-state index contributed by atoms with van der Waals surface area (Å²) in [6.07, 6.45) is 3.39. The second-order valence-corrected chi connectivity index (χ2v) is 5.93. The second-order valence-electron chi connectivity index (χ2n) is 5.49. The van der Waals surface area contributed by atoms with Gasteiger partial charge in [-0.2, -0.15) is 0 Å². The first kappa shape index (κ1) is 17.4. The van der Waals surface area contributed by atoms with Gasteiger partial charge in [-0.25, -0.2) is 0 Å². The van der Waals surface area contributed by atoms with Gasteiger partial charge in [0.05, 0.1) is 6.61 Å². The zero-order chi connectivity index (χ0) is 16.7. The number of unbranched alkanes of at least 4 members (excludes halogenated alkanes) is 2. The molecule has 2 rings (SSSR count). The molecule has 0 heterocycles. The Morgan fingerprint density at radius 2 is 1.87 bits per heavy atom. The van der Waals surface area contributed by atoms with Crippen LogP contribution in [0.4, 0.5) is 5.69 Å². The molecule has 122 valence electrons. The van der Waals surface area contributed by atoms with Gasteiger partial charge in [0.1, 0.15) is 5.75 Å². The van der Waals surface area contributed by atoms with Crippen LogP contribution in [0.1, 0.15) is 42.1 Å². The number of anilines is 1. The smallest absolute Gasteiger partial charge is 0.255 e. The minimum atomic E-state index is -0.159. The van der Waals surface area contributed by atoms with Gasteiger partial charge in [-0.15, -0.1) is 0 Å². The van der Waals surface area contributed by atoms with Gasteiger partial charge in [0, 0.05) is 16.3 Å². The van der Waals surface area contributed by atoms with E-state index in [9.17, 15) is 4.79 Å². The first-order chi connectivity index (χ1) is 11.1. The van der Waals surface area contributed by atoms with Crippen molar-refractivity contribution >= 4 is 23.2 Å². The molecule has 0 aliphatic carbocycles. The van der Waals surface area contributed by atoms with Gasteiger partial charge in [0.2, 0.25) is 0 Å². The number of carbonyl (C=O) groups is 1. The lowest BCUT2D eigenvalue weighted by atomic mass is 10.1. The number of ether oxygens (including phenoxy) is 1. The summed E-state index contributed by atoms with van der Waals surface area (Å²) in [5, 5.41) is 3.48. The van der Waals surface area contributed by atoms with Crippen molar-refractivity contribution in [2.24, 2.45) is 0 Å². The normalized spacial score (nSPS) is 10.4. The second kappa shape index (κ2) is 8.59. The third kappa shape index (κ3) is 5.29. The summed E-state index contributed by atoms with van der Waals surface area (Å²) >= 11 is 5.97. The minimum absolute atomic E-state index is 0.159. The first-order valence-electron chi connectivity index (χ1n) is 7.90. The Hall–Kier alpha value is -2.00. The summed E-state index contributed by atoms with van der Waals surface area (Å²) in [6.45, 7) is 4.80. The van der Waals surface area contributed by atoms with E-state index in [4.69, 9.17) is 16.3 Å². The molecule has 0 radical (unpaired) electrons. The van der Waals surface area contributed by atoms with Crippen LogP contribution < -0.4 is 10.1 Å². The van der Waals surface area contributed by atoms with E-state index in [0.29, 0.717) is 17.2 Å². The number of hydrogen-bond donors (Lipinski definition) is 1. The molecular formula is C19H22ClNO2. The lowest BCUT2D eigenvalue weighted by Gasteiger charge is -2.10. The number of nitrogens with one attached hydrogen (secondary N) is 1. The molecule has 0 fully saturated rings. The van der Waals surface area contributed by atoms with E-state index in [1.807, 2.05) is 25.1 Å². The van der Waals surface area contributed by atoms with Crippen LogP contribution in [0.2, 0.25) is 5.02 Å². The maximum atomic E-state index is 12.3. The van der Waals surface area contributed by atoms with Gasteiger partial charge in [0.15, 0.2) is 0 Å². The highest BCUT2D eigenvalue weighted by Crippen LogP contribution is 2.21. The number of halogens is 1. The van der Waals surface area contributed by atoms with Crippen molar-refractivity contribution in [2.75, 3.05) is 11.9 Å². The molecule has 0 aromatic heterocycles. The number of benzene rings is 2. The van der Waals surface area contributed by atoms with Crippen LogP contribution >= 0.6 is 11.6 Å². The quantitative estimate of drug-likeness (QED) is 0.683. The SMILES string of the molecule is CCCCCOc1ccc(C(=O)Nc2cc(Cl)ccc2C)cc1. The average molecular weight is 332 g/mol. The Labute approximate surface area is 142 Å². The van der Waals surface area contributed by atoms with E-state index in [1.54, 1.807) is 24.3 Å². The van der Waals surface area contributed by atoms with Crippen molar-refractivity contribution in [2.45, 2.75) is 33.1 Å². The molecule has 0 atom stereocenters. The van der Waals surface area contributed by atoms with E-state index in [2.05, 4.69) is 12.2 Å². The summed E-state index contributed by atoms with van der Waals surface area (Å²) in [5.74, 6) is 0.629. The molecule has 2 aromatic carbocycles. The van der Waals surface area contributed by atoms with Crippen molar-refractivity contribution < 1.29 is 9.53 Å². The molecule has 4 heteroatoms. The Balaban J connectivity index is 1.96. The fourth-order valence-corrected chi connectivity index (χ4v) is 2.34. The topological polar surface area (TPSA) is 38.3 Å². The number of hydrogen-bond acceptors (Lipinski definition) is 2. The monoisotopic (exact) mass is 331 g/mol. The Kier molecular flexibility index (Phi) is 6.48. The van der Waals surface area contributed by atoms with Gasteiger partial charge in [0.25, 0.3) is 5.91 Å². The lowest BCUT2D eigenvalue weighted by molar-refractivity contribution is 0.102. The molecule has 0 aliphatic rings. The molecule has 23 heavy (non-hydrogen) atoms. The van der Waals surface area contributed by atoms with Gasteiger partial charge >= 0.3 is 0 Å². The highest BCUT2D eigenvalue weighted by atomic mass is 35.5. The molecule has 2 aromatic rings. The number of rotatable bonds is 7. The van der Waals surface area contributed by atoms with E-state index in [-0.39, 0.29) is 5.91 Å². The van der Waals surface area contributed by atoms with Crippen molar-refractivity contribution in [3.05, 3.63) is 58.6 Å². The predicted molar refractivity (Wildman–Crippen MR) is 95.6 cm³/mol. The van der Waals surface area contributed by atoms with E-state index < -0.39 is 0 Å². The fraction of sp³-hybridized carbons (Fsp3) is 0.316. The predicted octanol–water partition coefficient (Wildman–Crippen LogP) is 5.47. The lowest BCUT2D eigenvalue weighted by Crippen LogP contribution is -2.12. The maximum absolute atomic E-state index is 12.3. The molecule has 1 amide bonds. The Morgan fingerprint density at radius 3 is 2.57 bits per heavy atom. The average Bonchev–Trinajstić information content (AvgIpc) is 2.55. The zero-order valence-electron chi connectivity index (χ0n) is 13.6. The van der Waals surface area contributed by atoms with Crippen LogP contribution in [0.3, 0.4) is 0 Å². The van der Waals surface area contributed by atoms with Crippen LogP contribution in [0.25, 0.3) is 0 Å². The van der Waals surface area contributed by atoms with Crippen LogP contribution in [0.15, 0.2) is 42.5 Å². The van der Waals surface area contributed by atoms with Crippen molar-refractivity contribution in [1.29, 1.82) is 0 Å². The van der Waals surface area contributed by atoms with E-state index in [0.717, 1.165) is 23.4 Å². The molecule has 0 unspecified atom stereocenters. The highest BCUT2D eigenvalue weighted by Gasteiger charge is 2.08. The van der Waals surface area contributed by atoms with E-state index in [1.165, 1.54) is 12.8 Å². The molecule has 0 aliphatic heterocycles. The van der Waals surface area contributed by atoms with Gasteiger partial charge < -0.3 is 10.1 Å². The van der Waals surface area contributed by atoms with Crippen LogP contribution in [0, 0.1) is 6.92 Å². The van der Waals surface area contributed by atoms with Crippen molar-refractivity contribution in [3.8, 4) is 5.75 Å². The van der Waals surface area contributed by atoms with E-state index >= 15 is 0 Å². The number of aryl methyl sites for hydroxylation is 1. The third-order valence-electron chi connectivity index (χ3n) is 3.58. The molecule has 0 saturated heterocycles. The van der Waals surface area contributed by atoms with Crippen molar-refractivity contribution in [3.63, 3.8) is 0 Å². The molecule has 0 saturated carbocycles. The Morgan fingerprint density at radius 1 is 1.13 bits per heavy atom. The Bertz CT molecular complexity index is 653. The number of amides is 1. The molecule has 1 N–H and O–H groups in total. The van der Waals surface area contributed by atoms with Crippen molar-refractivity contribution in [1.82, 2.24) is 0 Å². The summed E-state index contributed by atoms with van der Waals surface area (Å²) in [7, 11) is 0. The summed E-state index contributed by atoms with van der Waals surface area (Å²) < 4.78 is 5.65. The van der Waals surface area contributed by atoms with Crippen LogP contribution in [0.5, 0.6) is 5.75 Å². The van der Waals surface area contributed by atoms with Gasteiger partial charge in [-0.05, 0) is 55.3 Å². The molecular weight excluding hydrogens is 310 g/mol. The van der Waals surface area contributed by atoms with Crippen LogP contribution in [-0.4, -0.2) is 12.5 Å².